The van der Waals surface area contributed by atoms with Crippen LogP contribution in [0.5, 0.6) is 0 Å². The third-order valence-corrected chi connectivity index (χ3v) is 17.7. The predicted octanol–water partition coefficient (Wildman–Crippen LogP) is 13.8. The summed E-state index contributed by atoms with van der Waals surface area (Å²) in [6.07, 6.45) is 25.8. The summed E-state index contributed by atoms with van der Waals surface area (Å²) in [6.45, 7) is 9.61. The molecule has 0 aromatic carbocycles. The van der Waals surface area contributed by atoms with Gasteiger partial charge in [0.15, 0.2) is 6.04 Å². The van der Waals surface area contributed by atoms with E-state index < -0.39 is 77.8 Å². The maximum atomic E-state index is 13.7. The largest absolute Gasteiger partial charge is 0.509 e. The molecule has 0 heterocycles. The molecule has 0 bridgehead atoms. The number of ether oxygens (including phenoxy) is 3. The third-order valence-electron chi connectivity index (χ3n) is 17.7. The Morgan fingerprint density at radius 2 is 0.722 bits per heavy atom. The number of nitrogens with two attached hydrogens (primary N) is 2. The number of nitrogens with one attached hydrogen (secondary N) is 4. The number of esters is 3. The van der Waals surface area contributed by atoms with Gasteiger partial charge < -0.3 is 35.5 Å². The Bertz CT molecular complexity index is 2010. The number of carbonyl (C=O) groups excluding carboxylic acids is 9. The molecule has 0 aliphatic rings. The highest BCUT2D eigenvalue weighted by Crippen LogP contribution is 2.24. The van der Waals surface area contributed by atoms with E-state index in [-0.39, 0.29) is 114 Å². The first-order valence-electron chi connectivity index (χ1n) is 37.9. The Balaban J connectivity index is 6.06. The van der Waals surface area contributed by atoms with Gasteiger partial charge in [-0.1, -0.05) is 227 Å². The molecule has 0 aliphatic heterocycles. The summed E-state index contributed by atoms with van der Waals surface area (Å²) < 4.78 is 96.1. The van der Waals surface area contributed by atoms with Gasteiger partial charge >= 0.3 is 42.1 Å². The van der Waals surface area contributed by atoms with E-state index in [9.17, 15) is 69.5 Å². The molecule has 97 heavy (non-hydrogen) atoms. The van der Waals surface area contributed by atoms with E-state index in [1.807, 2.05) is 6.92 Å². The molecule has 0 aliphatic carbocycles. The first-order chi connectivity index (χ1) is 46.4. The Labute approximate surface area is 578 Å². The van der Waals surface area contributed by atoms with Crippen molar-refractivity contribution in [1.82, 2.24) is 21.3 Å². The van der Waals surface area contributed by atoms with Crippen LogP contribution in [0.25, 0.3) is 0 Å². The SMILES string of the molecule is CCCCCCCCCCCC(=O)OCC(CNC(=O)CCCCCCCNC(=O)C(CCCCNC(=O)C(C)CCCCC)NC(=O)C(CCCC[NH2+]C(=O)C(F)(F)F)[NH2+]C(=O)C(F)(F)F)(COC(=O)CCCCCCCCCCC)COC(=O)CCCCCCCCCCC. The lowest BCUT2D eigenvalue weighted by Gasteiger charge is -2.32. The smallest absolute Gasteiger partial charge is 0.465 e. The molecule has 24 heteroatoms. The molecule has 3 unspecified atom stereocenters. The summed E-state index contributed by atoms with van der Waals surface area (Å²) in [4.78, 5) is 117. The highest BCUT2D eigenvalue weighted by atomic mass is 19.4. The Kier molecular flexibility index (Phi) is 56.9. The average molecular weight is 1400 g/mol. The van der Waals surface area contributed by atoms with Gasteiger partial charge in [0.1, 0.15) is 25.9 Å². The van der Waals surface area contributed by atoms with Gasteiger partial charge in [0.2, 0.25) is 17.7 Å². The van der Waals surface area contributed by atoms with Crippen LogP contribution >= 0.6 is 0 Å². The summed E-state index contributed by atoms with van der Waals surface area (Å²) in [7, 11) is 0. The Hall–Kier alpha value is -4.87. The van der Waals surface area contributed by atoms with Crippen LogP contribution in [0.2, 0.25) is 0 Å². The molecule has 18 nitrogen and oxygen atoms in total. The van der Waals surface area contributed by atoms with Crippen molar-refractivity contribution in [3.63, 3.8) is 0 Å². The molecule has 8 N–H and O–H groups in total. The number of amides is 6. The van der Waals surface area contributed by atoms with Crippen molar-refractivity contribution in [2.45, 2.75) is 354 Å². The second-order valence-electron chi connectivity index (χ2n) is 27.0. The Morgan fingerprint density at radius 1 is 0.371 bits per heavy atom. The van der Waals surface area contributed by atoms with Crippen LogP contribution in [0.3, 0.4) is 0 Å². The standard InChI is InChI=1S/C73H130F6N6O12/c1-6-10-14-17-20-23-26-31-37-49-63(87)95-56-71(57-96-64(88)50-38-32-27-24-21-18-15-11-7-2,58-97-65(89)51-39-33-28-25-22-19-16-12-8-3)55-83-62(86)48-36-30-29-34-42-52-81-67(91)60(46-40-43-53-80-66(90)59(5)45-35-13-9-4)84-68(92)61(85-70(94)73(77,78)79)47-41-44-54-82-69(93)72(74,75)76/h59-61H,6-58H2,1-5H3,(H,80,90)(H,81,91)(H,82,93)(H,83,86)(H,84,92)(H,85,94)/p+2. The summed E-state index contributed by atoms with van der Waals surface area (Å²) in [5.74, 6) is -8.07. The summed E-state index contributed by atoms with van der Waals surface area (Å²) in [5.41, 5.74) is -1.28. The minimum Gasteiger partial charge on any atom is -0.465 e. The van der Waals surface area contributed by atoms with Crippen molar-refractivity contribution in [1.29, 1.82) is 0 Å². The fourth-order valence-corrected chi connectivity index (χ4v) is 11.2. The van der Waals surface area contributed by atoms with Crippen LogP contribution in [0.1, 0.15) is 330 Å². The highest BCUT2D eigenvalue weighted by molar-refractivity contribution is 5.90. The number of hydrogen-bond donors (Lipinski definition) is 6. The minimum atomic E-state index is -5.33. The lowest BCUT2D eigenvalue weighted by molar-refractivity contribution is -0.605. The molecular formula is C73H132F6N6O12+2. The number of hydrogen-bond acceptors (Lipinski definition) is 12. The van der Waals surface area contributed by atoms with Crippen molar-refractivity contribution in [2.24, 2.45) is 11.3 Å². The number of unbranched alkanes of at least 4 members (excludes halogenated alkanes) is 32. The van der Waals surface area contributed by atoms with E-state index >= 15 is 0 Å². The molecule has 0 radical (unpaired) electrons. The van der Waals surface area contributed by atoms with Gasteiger partial charge in [-0.05, 0) is 70.6 Å². The fourth-order valence-electron chi connectivity index (χ4n) is 11.2. The van der Waals surface area contributed by atoms with Gasteiger partial charge in [0.05, 0.1) is 12.0 Å². The van der Waals surface area contributed by atoms with E-state index in [2.05, 4.69) is 49.0 Å². The Morgan fingerprint density at radius 3 is 1.14 bits per heavy atom. The molecule has 0 aromatic rings. The highest BCUT2D eigenvalue weighted by Gasteiger charge is 2.46. The van der Waals surface area contributed by atoms with E-state index in [0.717, 1.165) is 103 Å². The second kappa shape index (κ2) is 59.9. The second-order valence-corrected chi connectivity index (χ2v) is 27.0. The molecule has 0 rings (SSSR count). The van der Waals surface area contributed by atoms with Gasteiger partial charge in [0, 0.05) is 57.7 Å². The van der Waals surface area contributed by atoms with Crippen LogP contribution in [0, 0.1) is 11.3 Å². The minimum absolute atomic E-state index is 0.0107. The van der Waals surface area contributed by atoms with Crippen LogP contribution in [0.15, 0.2) is 0 Å². The van der Waals surface area contributed by atoms with E-state index in [0.29, 0.717) is 69.5 Å². The molecule has 0 fully saturated rings. The monoisotopic (exact) mass is 1400 g/mol. The molecular weight excluding hydrogens is 1270 g/mol. The van der Waals surface area contributed by atoms with E-state index in [4.69, 9.17) is 14.2 Å². The zero-order valence-corrected chi connectivity index (χ0v) is 60.5. The molecule has 6 amide bonds. The van der Waals surface area contributed by atoms with Crippen molar-refractivity contribution < 1.29 is 94.3 Å². The quantitative estimate of drug-likeness (QED) is 0.0144. The fraction of sp³-hybridized carbons (Fsp3) is 0.877. The van der Waals surface area contributed by atoms with Gasteiger partial charge in [0.25, 0.3) is 5.91 Å². The van der Waals surface area contributed by atoms with Crippen molar-refractivity contribution >= 4 is 53.4 Å². The molecule has 566 valence electrons. The number of quaternary nitrogens is 2. The van der Waals surface area contributed by atoms with Crippen LogP contribution in [-0.4, -0.2) is 124 Å². The molecule has 0 saturated heterocycles. The number of halogens is 6. The van der Waals surface area contributed by atoms with Gasteiger partial charge in [-0.3, -0.25) is 44.2 Å². The number of rotatable bonds is 65. The maximum absolute atomic E-state index is 13.7. The van der Waals surface area contributed by atoms with E-state index in [1.54, 1.807) is 0 Å². The predicted molar refractivity (Wildman–Crippen MR) is 365 cm³/mol. The molecule has 3 atom stereocenters. The summed E-state index contributed by atoms with van der Waals surface area (Å²) in [5, 5.41) is 11.7. The van der Waals surface area contributed by atoms with E-state index in [1.165, 1.54) is 77.0 Å². The lowest BCUT2D eigenvalue weighted by Crippen LogP contribution is -2.98. The van der Waals surface area contributed by atoms with Gasteiger partial charge in [-0.25, -0.2) is 9.59 Å². The number of primary amides is 2. The van der Waals surface area contributed by atoms with Crippen molar-refractivity contribution in [3.8, 4) is 0 Å². The first kappa shape index (κ1) is 92.1. The van der Waals surface area contributed by atoms with Gasteiger partial charge in [-0.15, -0.1) is 0 Å². The van der Waals surface area contributed by atoms with Crippen LogP contribution in [-0.2, 0) is 57.4 Å². The summed E-state index contributed by atoms with van der Waals surface area (Å²) in [6, 6.07) is -2.98. The topological polar surface area (TPSA) is 263 Å². The van der Waals surface area contributed by atoms with Crippen LogP contribution in [0.4, 0.5) is 26.3 Å². The third kappa shape index (κ3) is 53.7. The average Bonchev–Trinajstić information content (AvgIpc) is 0.996. The molecule has 0 spiro atoms. The summed E-state index contributed by atoms with van der Waals surface area (Å²) >= 11 is 0. The van der Waals surface area contributed by atoms with Crippen molar-refractivity contribution in [2.75, 3.05) is 46.0 Å². The molecule has 0 saturated carbocycles. The zero-order chi connectivity index (χ0) is 72.3. The lowest BCUT2D eigenvalue weighted by atomic mass is 9.90. The number of carbonyl (C=O) groups is 9. The van der Waals surface area contributed by atoms with Crippen molar-refractivity contribution in [3.05, 3.63) is 0 Å². The zero-order valence-electron chi connectivity index (χ0n) is 60.5. The number of alkyl halides is 6. The first-order valence-corrected chi connectivity index (χ1v) is 37.9. The molecule has 0 aromatic heterocycles. The van der Waals surface area contributed by atoms with Crippen LogP contribution < -0.4 is 31.9 Å². The normalized spacial score (nSPS) is 12.7. The van der Waals surface area contributed by atoms with Gasteiger partial charge in [-0.2, -0.15) is 26.3 Å². The maximum Gasteiger partial charge on any atom is 0.509 e.